The first-order valence-corrected chi connectivity index (χ1v) is 5.23. The van der Waals surface area contributed by atoms with Gasteiger partial charge in [0.25, 0.3) is 0 Å². The Morgan fingerprint density at radius 2 is 2.20 bits per heavy atom. The largest absolute Gasteiger partial charge is 0.383 e. The highest BCUT2D eigenvalue weighted by molar-refractivity contribution is 5.42. The summed E-state index contributed by atoms with van der Waals surface area (Å²) < 4.78 is 5.32. The first-order valence-electron chi connectivity index (χ1n) is 5.23. The van der Waals surface area contributed by atoms with Crippen LogP contribution in [0.5, 0.6) is 0 Å². The summed E-state index contributed by atoms with van der Waals surface area (Å²) in [4.78, 5) is 8.74. The zero-order chi connectivity index (χ0) is 10.7. The Morgan fingerprint density at radius 1 is 1.33 bits per heavy atom. The van der Waals surface area contributed by atoms with Gasteiger partial charge in [-0.1, -0.05) is 0 Å². The second-order valence-corrected chi connectivity index (χ2v) is 3.65. The zero-order valence-corrected chi connectivity index (χ0v) is 8.70. The summed E-state index contributed by atoms with van der Waals surface area (Å²) in [5, 5.41) is 0. The molecule has 15 heavy (non-hydrogen) atoms. The van der Waals surface area contributed by atoms with E-state index in [-0.39, 0.29) is 0 Å². The molecule has 2 heterocycles. The van der Waals surface area contributed by atoms with E-state index >= 15 is 0 Å². The Labute approximate surface area is 88.8 Å². The lowest BCUT2D eigenvalue weighted by Gasteiger charge is -2.17. The van der Waals surface area contributed by atoms with Gasteiger partial charge < -0.3 is 16.2 Å². The standard InChI is InChI=1S/C10H16N4O/c11-4-1-2-9-13-8-3-5-15-6-7(8)10(12)14-9/h1-6,11H2,(H2,12,13,14). The van der Waals surface area contributed by atoms with Crippen molar-refractivity contribution in [3.05, 3.63) is 17.1 Å². The molecule has 0 aromatic carbocycles. The molecule has 1 aromatic heterocycles. The molecule has 2 rings (SSSR count). The zero-order valence-electron chi connectivity index (χ0n) is 8.70. The maximum Gasteiger partial charge on any atom is 0.132 e. The monoisotopic (exact) mass is 208 g/mol. The maximum atomic E-state index is 5.85. The van der Waals surface area contributed by atoms with Crippen LogP contribution in [0.3, 0.4) is 0 Å². The van der Waals surface area contributed by atoms with Crippen LogP contribution in [-0.2, 0) is 24.2 Å². The minimum absolute atomic E-state index is 0.540. The summed E-state index contributed by atoms with van der Waals surface area (Å²) in [6.07, 6.45) is 2.53. The molecule has 0 amide bonds. The molecule has 0 bridgehead atoms. The van der Waals surface area contributed by atoms with Gasteiger partial charge in [-0.15, -0.1) is 0 Å². The number of nitrogen functional groups attached to an aromatic ring is 1. The van der Waals surface area contributed by atoms with Crippen LogP contribution in [0.25, 0.3) is 0 Å². The quantitative estimate of drug-likeness (QED) is 0.731. The number of hydrogen-bond donors (Lipinski definition) is 2. The van der Waals surface area contributed by atoms with Gasteiger partial charge in [0.05, 0.1) is 18.9 Å². The topological polar surface area (TPSA) is 87.0 Å². The van der Waals surface area contributed by atoms with Crippen LogP contribution in [0.15, 0.2) is 0 Å². The van der Waals surface area contributed by atoms with Gasteiger partial charge in [-0.3, -0.25) is 0 Å². The van der Waals surface area contributed by atoms with Crippen molar-refractivity contribution in [2.75, 3.05) is 18.9 Å². The minimum atomic E-state index is 0.540. The fourth-order valence-corrected chi connectivity index (χ4v) is 1.68. The molecule has 0 saturated carbocycles. The Morgan fingerprint density at radius 3 is 3.00 bits per heavy atom. The summed E-state index contributed by atoms with van der Waals surface area (Å²) in [7, 11) is 0. The third-order valence-corrected chi connectivity index (χ3v) is 2.51. The lowest BCUT2D eigenvalue weighted by Crippen LogP contribution is -2.17. The second-order valence-electron chi connectivity index (χ2n) is 3.65. The van der Waals surface area contributed by atoms with E-state index in [2.05, 4.69) is 9.97 Å². The number of fused-ring (bicyclic) bond motifs is 1. The van der Waals surface area contributed by atoms with Gasteiger partial charge in [0, 0.05) is 18.4 Å². The van der Waals surface area contributed by atoms with Crippen molar-refractivity contribution in [3.8, 4) is 0 Å². The van der Waals surface area contributed by atoms with E-state index in [1.54, 1.807) is 0 Å². The summed E-state index contributed by atoms with van der Waals surface area (Å²) in [6, 6.07) is 0. The summed E-state index contributed by atoms with van der Waals surface area (Å²) in [5.41, 5.74) is 13.3. The predicted molar refractivity (Wildman–Crippen MR) is 57.2 cm³/mol. The molecule has 0 unspecified atom stereocenters. The highest BCUT2D eigenvalue weighted by Gasteiger charge is 2.16. The number of aromatic nitrogens is 2. The molecule has 1 aliphatic rings. The van der Waals surface area contributed by atoms with Gasteiger partial charge in [0.2, 0.25) is 0 Å². The van der Waals surface area contributed by atoms with E-state index in [4.69, 9.17) is 16.2 Å². The minimum Gasteiger partial charge on any atom is -0.383 e. The lowest BCUT2D eigenvalue weighted by atomic mass is 10.1. The van der Waals surface area contributed by atoms with Crippen molar-refractivity contribution in [2.24, 2.45) is 5.73 Å². The van der Waals surface area contributed by atoms with Crippen LogP contribution < -0.4 is 11.5 Å². The van der Waals surface area contributed by atoms with Crippen LogP contribution in [0, 0.1) is 0 Å². The fourth-order valence-electron chi connectivity index (χ4n) is 1.68. The van der Waals surface area contributed by atoms with Gasteiger partial charge in [0.15, 0.2) is 0 Å². The Hall–Kier alpha value is -1.20. The Bertz CT molecular complexity index is 354. The summed E-state index contributed by atoms with van der Waals surface area (Å²) >= 11 is 0. The van der Waals surface area contributed by atoms with Crippen molar-refractivity contribution in [2.45, 2.75) is 25.9 Å². The van der Waals surface area contributed by atoms with Gasteiger partial charge >= 0.3 is 0 Å². The van der Waals surface area contributed by atoms with E-state index in [1.165, 1.54) is 0 Å². The van der Waals surface area contributed by atoms with E-state index in [1.807, 2.05) is 0 Å². The normalized spacial score (nSPS) is 15.0. The van der Waals surface area contributed by atoms with Crippen LogP contribution in [0.4, 0.5) is 5.82 Å². The van der Waals surface area contributed by atoms with Crippen molar-refractivity contribution >= 4 is 5.82 Å². The maximum absolute atomic E-state index is 5.85. The lowest BCUT2D eigenvalue weighted by molar-refractivity contribution is 0.109. The molecule has 1 aliphatic heterocycles. The highest BCUT2D eigenvalue weighted by atomic mass is 16.5. The summed E-state index contributed by atoms with van der Waals surface area (Å²) in [5.74, 6) is 1.37. The number of rotatable bonds is 3. The number of nitrogens with two attached hydrogens (primary N) is 2. The molecule has 1 aromatic rings. The van der Waals surface area contributed by atoms with Crippen molar-refractivity contribution in [1.82, 2.24) is 9.97 Å². The van der Waals surface area contributed by atoms with E-state index in [0.29, 0.717) is 19.0 Å². The molecule has 5 heteroatoms. The second kappa shape index (κ2) is 4.55. The average molecular weight is 208 g/mol. The van der Waals surface area contributed by atoms with Crippen LogP contribution in [0.1, 0.15) is 23.5 Å². The van der Waals surface area contributed by atoms with Crippen LogP contribution >= 0.6 is 0 Å². The molecule has 0 saturated heterocycles. The van der Waals surface area contributed by atoms with Crippen LogP contribution in [-0.4, -0.2) is 23.1 Å². The number of aryl methyl sites for hydroxylation is 1. The number of ether oxygens (including phenoxy) is 1. The third-order valence-electron chi connectivity index (χ3n) is 2.51. The molecular formula is C10H16N4O. The molecular weight excluding hydrogens is 192 g/mol. The Balaban J connectivity index is 2.24. The molecule has 0 aliphatic carbocycles. The van der Waals surface area contributed by atoms with Gasteiger partial charge in [-0.25, -0.2) is 9.97 Å². The van der Waals surface area contributed by atoms with Crippen LogP contribution in [0.2, 0.25) is 0 Å². The van der Waals surface area contributed by atoms with Crippen molar-refractivity contribution < 1.29 is 4.74 Å². The molecule has 0 spiro atoms. The van der Waals surface area contributed by atoms with Gasteiger partial charge in [-0.2, -0.15) is 0 Å². The highest BCUT2D eigenvalue weighted by Crippen LogP contribution is 2.19. The van der Waals surface area contributed by atoms with Crippen molar-refractivity contribution in [3.63, 3.8) is 0 Å². The number of nitrogens with zero attached hydrogens (tertiary/aromatic N) is 2. The third kappa shape index (κ3) is 2.24. The summed E-state index contributed by atoms with van der Waals surface area (Å²) in [6.45, 7) is 1.92. The molecule has 0 atom stereocenters. The fraction of sp³-hybridized carbons (Fsp3) is 0.600. The number of hydrogen-bond acceptors (Lipinski definition) is 5. The van der Waals surface area contributed by atoms with Gasteiger partial charge in [0.1, 0.15) is 11.6 Å². The molecule has 4 N–H and O–H groups in total. The smallest absolute Gasteiger partial charge is 0.132 e. The predicted octanol–water partition coefficient (Wildman–Crippen LogP) is 0.0228. The van der Waals surface area contributed by atoms with E-state index in [9.17, 15) is 0 Å². The molecule has 5 nitrogen and oxygen atoms in total. The first kappa shape index (κ1) is 10.3. The number of anilines is 1. The SMILES string of the molecule is NCCCc1nc(N)c2c(n1)CCOC2. The Kier molecular flexibility index (Phi) is 3.13. The average Bonchev–Trinajstić information content (AvgIpc) is 2.26. The molecule has 82 valence electrons. The first-order chi connectivity index (χ1) is 7.31. The van der Waals surface area contributed by atoms with Gasteiger partial charge in [-0.05, 0) is 13.0 Å². The van der Waals surface area contributed by atoms with Crippen molar-refractivity contribution in [1.29, 1.82) is 0 Å². The molecule has 0 radical (unpaired) electrons. The van der Waals surface area contributed by atoms with E-state index < -0.39 is 0 Å². The molecule has 0 fully saturated rings. The van der Waals surface area contributed by atoms with E-state index in [0.717, 1.165) is 43.0 Å².